The van der Waals surface area contributed by atoms with Gasteiger partial charge in [-0.2, -0.15) is 0 Å². The topological polar surface area (TPSA) is 47.3 Å². The fourth-order valence-corrected chi connectivity index (χ4v) is 2.03. The van der Waals surface area contributed by atoms with Gasteiger partial charge < -0.3 is 15.8 Å². The molecular weight excluding hydrogens is 188 g/mol. The summed E-state index contributed by atoms with van der Waals surface area (Å²) in [6, 6.07) is 6.46. The third kappa shape index (κ3) is 2.42. The van der Waals surface area contributed by atoms with Gasteiger partial charge >= 0.3 is 0 Å². The molecule has 2 rings (SSSR count). The molecule has 15 heavy (non-hydrogen) atoms. The number of nitrogens with two attached hydrogens (primary N) is 1. The standard InChI is InChI=1S/C12H18N2O/c1-8-5-10(13)7-11(6-8)14-12-3-4-15-9(12)2/h5-7,9,12,14H,3-4,13H2,1-2H3. The molecule has 0 amide bonds. The summed E-state index contributed by atoms with van der Waals surface area (Å²) in [7, 11) is 0. The predicted octanol–water partition coefficient (Wildman–Crippen LogP) is 2.17. The van der Waals surface area contributed by atoms with Crippen molar-refractivity contribution in [1.29, 1.82) is 0 Å². The molecule has 2 atom stereocenters. The van der Waals surface area contributed by atoms with E-state index in [0.29, 0.717) is 6.04 Å². The van der Waals surface area contributed by atoms with E-state index in [2.05, 4.69) is 25.2 Å². The quantitative estimate of drug-likeness (QED) is 0.729. The number of nitrogens with one attached hydrogen (secondary N) is 1. The Morgan fingerprint density at radius 1 is 1.40 bits per heavy atom. The second-order valence-corrected chi connectivity index (χ2v) is 4.25. The summed E-state index contributed by atoms with van der Waals surface area (Å²) >= 11 is 0. The van der Waals surface area contributed by atoms with Crippen molar-refractivity contribution in [2.45, 2.75) is 32.4 Å². The van der Waals surface area contributed by atoms with E-state index in [0.717, 1.165) is 24.4 Å². The first-order valence-corrected chi connectivity index (χ1v) is 5.40. The molecule has 82 valence electrons. The molecule has 1 heterocycles. The lowest BCUT2D eigenvalue weighted by molar-refractivity contribution is 0.121. The molecule has 1 aromatic carbocycles. The highest BCUT2D eigenvalue weighted by atomic mass is 16.5. The smallest absolute Gasteiger partial charge is 0.0748 e. The molecule has 3 N–H and O–H groups in total. The predicted molar refractivity (Wildman–Crippen MR) is 63.0 cm³/mol. The number of ether oxygens (including phenoxy) is 1. The van der Waals surface area contributed by atoms with Gasteiger partial charge in [-0.25, -0.2) is 0 Å². The first kappa shape index (κ1) is 10.3. The van der Waals surface area contributed by atoms with Crippen molar-refractivity contribution >= 4 is 11.4 Å². The Labute approximate surface area is 90.6 Å². The Morgan fingerprint density at radius 3 is 2.80 bits per heavy atom. The molecule has 1 saturated heterocycles. The average molecular weight is 206 g/mol. The highest BCUT2D eigenvalue weighted by Gasteiger charge is 2.23. The molecule has 0 radical (unpaired) electrons. The van der Waals surface area contributed by atoms with E-state index in [9.17, 15) is 0 Å². The average Bonchev–Trinajstić information content (AvgIpc) is 2.50. The van der Waals surface area contributed by atoms with Gasteiger partial charge in [-0.15, -0.1) is 0 Å². The number of rotatable bonds is 2. The number of benzene rings is 1. The van der Waals surface area contributed by atoms with Crippen molar-refractivity contribution in [1.82, 2.24) is 0 Å². The molecule has 1 aliphatic heterocycles. The van der Waals surface area contributed by atoms with Crippen molar-refractivity contribution in [3.63, 3.8) is 0 Å². The minimum atomic E-state index is 0.284. The summed E-state index contributed by atoms with van der Waals surface area (Å²) in [6.07, 6.45) is 1.35. The van der Waals surface area contributed by atoms with Crippen LogP contribution in [0.2, 0.25) is 0 Å². The zero-order valence-corrected chi connectivity index (χ0v) is 9.29. The van der Waals surface area contributed by atoms with Crippen LogP contribution in [-0.2, 0) is 4.74 Å². The fraction of sp³-hybridized carbons (Fsp3) is 0.500. The Balaban J connectivity index is 2.10. The third-order valence-electron chi connectivity index (χ3n) is 2.83. The first-order valence-electron chi connectivity index (χ1n) is 5.40. The van der Waals surface area contributed by atoms with Crippen LogP contribution < -0.4 is 11.1 Å². The van der Waals surface area contributed by atoms with Crippen LogP contribution in [0.1, 0.15) is 18.9 Å². The monoisotopic (exact) mass is 206 g/mol. The minimum Gasteiger partial charge on any atom is -0.399 e. The van der Waals surface area contributed by atoms with E-state index in [-0.39, 0.29) is 6.10 Å². The molecule has 0 bridgehead atoms. The molecule has 1 aliphatic rings. The van der Waals surface area contributed by atoms with Crippen LogP contribution in [0.15, 0.2) is 18.2 Å². The Kier molecular flexibility index (Phi) is 2.82. The van der Waals surface area contributed by atoms with Crippen molar-refractivity contribution < 1.29 is 4.74 Å². The van der Waals surface area contributed by atoms with Crippen molar-refractivity contribution in [2.24, 2.45) is 0 Å². The van der Waals surface area contributed by atoms with Gasteiger partial charge in [0, 0.05) is 18.0 Å². The zero-order valence-electron chi connectivity index (χ0n) is 9.29. The molecule has 3 nitrogen and oxygen atoms in total. The first-order chi connectivity index (χ1) is 7.15. The van der Waals surface area contributed by atoms with Crippen LogP contribution in [-0.4, -0.2) is 18.8 Å². The van der Waals surface area contributed by atoms with Crippen LogP contribution in [0, 0.1) is 6.92 Å². The molecule has 0 saturated carbocycles. The molecule has 1 fully saturated rings. The number of hydrogen-bond acceptors (Lipinski definition) is 3. The molecule has 3 heteroatoms. The van der Waals surface area contributed by atoms with Gasteiger partial charge in [-0.05, 0) is 44.0 Å². The maximum Gasteiger partial charge on any atom is 0.0748 e. The van der Waals surface area contributed by atoms with Gasteiger partial charge in [-0.1, -0.05) is 0 Å². The van der Waals surface area contributed by atoms with Gasteiger partial charge in [0.15, 0.2) is 0 Å². The Bertz CT molecular complexity index is 331. The lowest BCUT2D eigenvalue weighted by Gasteiger charge is -2.18. The molecule has 1 aromatic rings. The summed E-state index contributed by atoms with van der Waals surface area (Å²) in [4.78, 5) is 0. The number of hydrogen-bond donors (Lipinski definition) is 2. The van der Waals surface area contributed by atoms with Gasteiger partial charge in [-0.3, -0.25) is 0 Å². The van der Waals surface area contributed by atoms with Gasteiger partial charge in [0.05, 0.1) is 12.1 Å². The van der Waals surface area contributed by atoms with Crippen LogP contribution in [0.3, 0.4) is 0 Å². The maximum atomic E-state index is 5.80. The highest BCUT2D eigenvalue weighted by molar-refractivity contribution is 5.57. The maximum absolute atomic E-state index is 5.80. The van der Waals surface area contributed by atoms with E-state index < -0.39 is 0 Å². The number of anilines is 2. The lowest BCUT2D eigenvalue weighted by atomic mass is 10.1. The highest BCUT2D eigenvalue weighted by Crippen LogP contribution is 2.21. The lowest BCUT2D eigenvalue weighted by Crippen LogP contribution is -2.26. The van der Waals surface area contributed by atoms with E-state index in [1.165, 1.54) is 5.56 Å². The Morgan fingerprint density at radius 2 is 2.20 bits per heavy atom. The minimum absolute atomic E-state index is 0.284. The van der Waals surface area contributed by atoms with Crippen molar-refractivity contribution in [3.05, 3.63) is 23.8 Å². The van der Waals surface area contributed by atoms with E-state index in [1.807, 2.05) is 12.1 Å². The van der Waals surface area contributed by atoms with Crippen LogP contribution in [0.5, 0.6) is 0 Å². The van der Waals surface area contributed by atoms with Gasteiger partial charge in [0.2, 0.25) is 0 Å². The van der Waals surface area contributed by atoms with E-state index >= 15 is 0 Å². The summed E-state index contributed by atoms with van der Waals surface area (Å²) in [6.45, 7) is 5.00. The second-order valence-electron chi connectivity index (χ2n) is 4.25. The molecule has 0 spiro atoms. The molecule has 0 aromatic heterocycles. The summed E-state index contributed by atoms with van der Waals surface area (Å²) in [5.41, 5.74) is 8.88. The van der Waals surface area contributed by atoms with Gasteiger partial charge in [0.1, 0.15) is 0 Å². The van der Waals surface area contributed by atoms with E-state index in [4.69, 9.17) is 10.5 Å². The van der Waals surface area contributed by atoms with E-state index in [1.54, 1.807) is 0 Å². The summed E-state index contributed by atoms with van der Waals surface area (Å²) < 4.78 is 5.50. The van der Waals surface area contributed by atoms with Crippen molar-refractivity contribution in [2.75, 3.05) is 17.7 Å². The van der Waals surface area contributed by atoms with Gasteiger partial charge in [0.25, 0.3) is 0 Å². The molecular formula is C12H18N2O. The third-order valence-corrected chi connectivity index (χ3v) is 2.83. The zero-order chi connectivity index (χ0) is 10.8. The normalized spacial score (nSPS) is 25.5. The van der Waals surface area contributed by atoms with Crippen LogP contribution >= 0.6 is 0 Å². The SMILES string of the molecule is Cc1cc(N)cc(NC2CCOC2C)c1. The summed E-state index contributed by atoms with van der Waals surface area (Å²) in [5.74, 6) is 0. The summed E-state index contributed by atoms with van der Waals surface area (Å²) in [5, 5.41) is 3.47. The number of aryl methyl sites for hydroxylation is 1. The number of nitrogen functional groups attached to an aromatic ring is 1. The molecule has 0 aliphatic carbocycles. The largest absolute Gasteiger partial charge is 0.399 e. The fourth-order valence-electron chi connectivity index (χ4n) is 2.03. The van der Waals surface area contributed by atoms with Crippen molar-refractivity contribution in [3.8, 4) is 0 Å². The Hall–Kier alpha value is -1.22. The molecule has 2 unspecified atom stereocenters. The second kappa shape index (κ2) is 4.11. The van der Waals surface area contributed by atoms with Crippen LogP contribution in [0.25, 0.3) is 0 Å². The van der Waals surface area contributed by atoms with Crippen LogP contribution in [0.4, 0.5) is 11.4 Å².